The first-order chi connectivity index (χ1) is 11.6. The Morgan fingerprint density at radius 1 is 1.08 bits per heavy atom. The molecule has 0 aliphatic carbocycles. The van der Waals surface area contributed by atoms with E-state index in [0.717, 1.165) is 17.1 Å². The predicted molar refractivity (Wildman–Crippen MR) is 94.2 cm³/mol. The van der Waals surface area contributed by atoms with Crippen molar-refractivity contribution in [1.29, 1.82) is 0 Å². The number of methoxy groups -OCH3 is 1. The van der Waals surface area contributed by atoms with E-state index in [2.05, 4.69) is 0 Å². The van der Waals surface area contributed by atoms with Gasteiger partial charge in [-0.25, -0.2) is 0 Å². The van der Waals surface area contributed by atoms with Crippen molar-refractivity contribution in [3.63, 3.8) is 0 Å². The third-order valence-corrected chi connectivity index (χ3v) is 3.75. The molecule has 2 aromatic rings. The summed E-state index contributed by atoms with van der Waals surface area (Å²) in [5.74, 6) is 1.43. The summed E-state index contributed by atoms with van der Waals surface area (Å²) in [5, 5.41) is 0. The zero-order valence-electron chi connectivity index (χ0n) is 14.1. The maximum Gasteiger partial charge on any atom is 0.239 e. The van der Waals surface area contributed by atoms with Crippen molar-refractivity contribution in [2.45, 2.75) is 12.5 Å². The van der Waals surface area contributed by atoms with Crippen LogP contribution in [0.2, 0.25) is 0 Å². The summed E-state index contributed by atoms with van der Waals surface area (Å²) in [6.07, 6.45) is 0.531. The molecule has 24 heavy (non-hydrogen) atoms. The summed E-state index contributed by atoms with van der Waals surface area (Å²) < 4.78 is 10.7. The Hall–Kier alpha value is -2.53. The average molecular weight is 328 g/mol. The summed E-state index contributed by atoms with van der Waals surface area (Å²) in [4.78, 5) is 13.9. The molecule has 0 spiro atoms. The SMILES string of the molecule is COc1ccc(OCCN(C)C(=O)[C@@H](N)Cc2ccccc2)cc1. The van der Waals surface area contributed by atoms with Gasteiger partial charge in [0.25, 0.3) is 0 Å². The monoisotopic (exact) mass is 328 g/mol. The molecule has 1 atom stereocenters. The molecule has 2 rings (SSSR count). The minimum Gasteiger partial charge on any atom is -0.497 e. The number of likely N-dealkylation sites (N-methyl/N-ethyl adjacent to an activating group) is 1. The molecular weight excluding hydrogens is 304 g/mol. The van der Waals surface area contributed by atoms with Crippen molar-refractivity contribution in [2.24, 2.45) is 5.73 Å². The van der Waals surface area contributed by atoms with Crippen LogP contribution in [0, 0.1) is 0 Å². The number of hydrogen-bond donors (Lipinski definition) is 1. The number of hydrogen-bond acceptors (Lipinski definition) is 4. The molecule has 2 N–H and O–H groups in total. The van der Waals surface area contributed by atoms with Gasteiger partial charge in [-0.2, -0.15) is 0 Å². The number of carbonyl (C=O) groups is 1. The Kier molecular flexibility index (Phi) is 6.63. The van der Waals surface area contributed by atoms with Crippen LogP contribution >= 0.6 is 0 Å². The van der Waals surface area contributed by atoms with Crippen LogP contribution in [0.3, 0.4) is 0 Å². The fourth-order valence-electron chi connectivity index (χ4n) is 2.32. The number of carbonyl (C=O) groups excluding carboxylic acids is 1. The average Bonchev–Trinajstić information content (AvgIpc) is 2.62. The highest BCUT2D eigenvalue weighted by Gasteiger charge is 2.18. The normalized spacial score (nSPS) is 11.6. The molecule has 0 radical (unpaired) electrons. The van der Waals surface area contributed by atoms with Crippen molar-refractivity contribution < 1.29 is 14.3 Å². The molecule has 0 fully saturated rings. The first-order valence-electron chi connectivity index (χ1n) is 7.91. The van der Waals surface area contributed by atoms with Gasteiger partial charge in [0.05, 0.1) is 19.7 Å². The number of benzene rings is 2. The van der Waals surface area contributed by atoms with E-state index < -0.39 is 6.04 Å². The van der Waals surface area contributed by atoms with Gasteiger partial charge in [0.15, 0.2) is 0 Å². The molecule has 0 aliphatic heterocycles. The Labute approximate surface area is 143 Å². The molecule has 0 heterocycles. The highest BCUT2D eigenvalue weighted by molar-refractivity contribution is 5.81. The van der Waals surface area contributed by atoms with Gasteiger partial charge >= 0.3 is 0 Å². The lowest BCUT2D eigenvalue weighted by molar-refractivity contribution is -0.131. The van der Waals surface area contributed by atoms with Gasteiger partial charge in [0.2, 0.25) is 5.91 Å². The van der Waals surface area contributed by atoms with Crippen LogP contribution in [0.1, 0.15) is 5.56 Å². The van der Waals surface area contributed by atoms with E-state index in [-0.39, 0.29) is 5.91 Å². The predicted octanol–water partition coefficient (Wildman–Crippen LogP) is 2.10. The topological polar surface area (TPSA) is 64.8 Å². The van der Waals surface area contributed by atoms with E-state index in [1.807, 2.05) is 54.6 Å². The Morgan fingerprint density at radius 2 is 1.71 bits per heavy atom. The number of ether oxygens (including phenoxy) is 2. The maximum atomic E-state index is 12.3. The number of nitrogens with zero attached hydrogens (tertiary/aromatic N) is 1. The third-order valence-electron chi connectivity index (χ3n) is 3.75. The maximum absolute atomic E-state index is 12.3. The van der Waals surface area contributed by atoms with Crippen LogP contribution in [0.4, 0.5) is 0 Å². The van der Waals surface area contributed by atoms with Gasteiger partial charge in [-0.1, -0.05) is 30.3 Å². The fourth-order valence-corrected chi connectivity index (χ4v) is 2.32. The van der Waals surface area contributed by atoms with Crippen LogP contribution in [0.15, 0.2) is 54.6 Å². The lowest BCUT2D eigenvalue weighted by Gasteiger charge is -2.21. The van der Waals surface area contributed by atoms with E-state index in [9.17, 15) is 4.79 Å². The van der Waals surface area contributed by atoms with Crippen LogP contribution in [0.5, 0.6) is 11.5 Å². The second-order valence-corrected chi connectivity index (χ2v) is 5.58. The lowest BCUT2D eigenvalue weighted by Crippen LogP contribution is -2.44. The molecule has 5 heteroatoms. The van der Waals surface area contributed by atoms with Crippen LogP contribution in [-0.4, -0.2) is 44.2 Å². The van der Waals surface area contributed by atoms with Gasteiger partial charge in [-0.05, 0) is 36.2 Å². The smallest absolute Gasteiger partial charge is 0.239 e. The van der Waals surface area contributed by atoms with Crippen molar-refractivity contribution >= 4 is 5.91 Å². The van der Waals surface area contributed by atoms with Crippen molar-refractivity contribution in [1.82, 2.24) is 4.90 Å². The van der Waals surface area contributed by atoms with E-state index in [1.165, 1.54) is 0 Å². The number of nitrogens with two attached hydrogens (primary N) is 1. The molecule has 0 saturated heterocycles. The third kappa shape index (κ3) is 5.28. The quantitative estimate of drug-likeness (QED) is 0.806. The zero-order chi connectivity index (χ0) is 17.4. The Morgan fingerprint density at radius 3 is 2.33 bits per heavy atom. The zero-order valence-corrected chi connectivity index (χ0v) is 14.1. The van der Waals surface area contributed by atoms with Gasteiger partial charge in [0, 0.05) is 7.05 Å². The summed E-state index contributed by atoms with van der Waals surface area (Å²) in [6, 6.07) is 16.6. The summed E-state index contributed by atoms with van der Waals surface area (Å²) in [7, 11) is 3.36. The molecule has 128 valence electrons. The first-order valence-corrected chi connectivity index (χ1v) is 7.91. The van der Waals surface area contributed by atoms with E-state index in [4.69, 9.17) is 15.2 Å². The highest BCUT2D eigenvalue weighted by Crippen LogP contribution is 2.16. The van der Waals surface area contributed by atoms with Gasteiger partial charge < -0.3 is 20.1 Å². The standard InChI is InChI=1S/C19H24N2O3/c1-21(12-13-24-17-10-8-16(23-2)9-11-17)19(22)18(20)14-15-6-4-3-5-7-15/h3-11,18H,12-14,20H2,1-2H3/t18-/m0/s1. The number of rotatable bonds is 8. The number of amides is 1. The van der Waals surface area contributed by atoms with E-state index >= 15 is 0 Å². The molecule has 1 amide bonds. The van der Waals surface area contributed by atoms with Gasteiger partial charge in [-0.3, -0.25) is 4.79 Å². The van der Waals surface area contributed by atoms with Crippen molar-refractivity contribution in [3.05, 3.63) is 60.2 Å². The summed E-state index contributed by atoms with van der Waals surface area (Å²) >= 11 is 0. The van der Waals surface area contributed by atoms with Crippen LogP contribution < -0.4 is 15.2 Å². The van der Waals surface area contributed by atoms with Gasteiger partial charge in [-0.15, -0.1) is 0 Å². The highest BCUT2D eigenvalue weighted by atomic mass is 16.5. The molecule has 5 nitrogen and oxygen atoms in total. The molecular formula is C19H24N2O3. The van der Waals surface area contributed by atoms with Gasteiger partial charge in [0.1, 0.15) is 18.1 Å². The molecule has 0 saturated carbocycles. The van der Waals surface area contributed by atoms with Crippen molar-refractivity contribution in [3.8, 4) is 11.5 Å². The molecule has 0 unspecified atom stereocenters. The molecule has 0 aromatic heterocycles. The minimum atomic E-state index is -0.543. The second kappa shape index (κ2) is 8.93. The summed E-state index contributed by atoms with van der Waals surface area (Å²) in [5.41, 5.74) is 7.08. The minimum absolute atomic E-state index is 0.0859. The lowest BCUT2D eigenvalue weighted by atomic mass is 10.1. The largest absolute Gasteiger partial charge is 0.497 e. The molecule has 0 aliphatic rings. The Bertz CT molecular complexity index is 629. The Balaban J connectivity index is 1.76. The summed E-state index contributed by atoms with van der Waals surface area (Å²) in [6.45, 7) is 0.889. The van der Waals surface area contributed by atoms with Crippen LogP contribution in [0.25, 0.3) is 0 Å². The van der Waals surface area contributed by atoms with Crippen molar-refractivity contribution in [2.75, 3.05) is 27.3 Å². The van der Waals surface area contributed by atoms with E-state index in [1.54, 1.807) is 19.1 Å². The fraction of sp³-hybridized carbons (Fsp3) is 0.316. The van der Waals surface area contributed by atoms with E-state index in [0.29, 0.717) is 19.6 Å². The molecule has 0 bridgehead atoms. The second-order valence-electron chi connectivity index (χ2n) is 5.58. The first kappa shape index (κ1) is 17.8. The van der Waals surface area contributed by atoms with Crippen LogP contribution in [-0.2, 0) is 11.2 Å². The molecule has 2 aromatic carbocycles.